The third-order valence-electron chi connectivity index (χ3n) is 3.30. The summed E-state index contributed by atoms with van der Waals surface area (Å²) in [7, 11) is 0. The Kier molecular flexibility index (Phi) is 1.54. The van der Waals surface area contributed by atoms with Gasteiger partial charge in [0.05, 0.1) is 0 Å². The summed E-state index contributed by atoms with van der Waals surface area (Å²) in [4.78, 5) is 0. The van der Waals surface area contributed by atoms with Crippen molar-refractivity contribution >= 4 is 0 Å². The van der Waals surface area contributed by atoms with Crippen LogP contribution in [0.3, 0.4) is 0 Å². The highest BCUT2D eigenvalue weighted by atomic mass is 14.5. The van der Waals surface area contributed by atoms with Gasteiger partial charge in [-0.2, -0.15) is 0 Å². The Hall–Kier alpha value is -0.780. The molecule has 2 aliphatic rings. The van der Waals surface area contributed by atoms with E-state index in [1.165, 1.54) is 31.3 Å². The first-order chi connectivity index (χ1) is 5.67. The molecule has 0 bridgehead atoms. The smallest absolute Gasteiger partial charge is 0.0214 e. The maximum Gasteiger partial charge on any atom is -0.0214 e. The second-order valence-corrected chi connectivity index (χ2v) is 4.34. The lowest BCUT2D eigenvalue weighted by Crippen LogP contribution is -1.92. The Labute approximate surface area is 74.7 Å². The first-order valence-electron chi connectivity index (χ1n) is 4.67. The van der Waals surface area contributed by atoms with Crippen LogP contribution in [0.25, 0.3) is 0 Å². The van der Waals surface area contributed by atoms with Crippen LogP contribution in [0.15, 0.2) is 36.0 Å². The fourth-order valence-electron chi connectivity index (χ4n) is 2.30. The maximum atomic E-state index is 4.02. The van der Waals surface area contributed by atoms with Gasteiger partial charge >= 0.3 is 0 Å². The van der Waals surface area contributed by atoms with E-state index in [-0.39, 0.29) is 0 Å². The van der Waals surface area contributed by atoms with Crippen molar-refractivity contribution in [2.24, 2.45) is 5.41 Å². The molecule has 0 unspecified atom stereocenters. The molecule has 0 radical (unpaired) electrons. The Balaban J connectivity index is 2.20. The predicted molar refractivity (Wildman–Crippen MR) is 52.9 cm³/mol. The van der Waals surface area contributed by atoms with Gasteiger partial charge in [-0.3, -0.25) is 0 Å². The summed E-state index contributed by atoms with van der Waals surface area (Å²) >= 11 is 0. The first kappa shape index (κ1) is 7.85. The zero-order chi connectivity index (χ0) is 8.77. The van der Waals surface area contributed by atoms with Gasteiger partial charge < -0.3 is 0 Å². The van der Waals surface area contributed by atoms with Crippen molar-refractivity contribution in [1.29, 1.82) is 0 Å². The molecular formula is C12H16. The summed E-state index contributed by atoms with van der Waals surface area (Å²) in [6, 6.07) is 0. The number of hydrogen-bond acceptors (Lipinski definition) is 0. The Morgan fingerprint density at radius 1 is 1.42 bits per heavy atom. The van der Waals surface area contributed by atoms with E-state index in [2.05, 4.69) is 20.1 Å². The number of rotatable bonds is 2. The van der Waals surface area contributed by atoms with Crippen molar-refractivity contribution < 1.29 is 0 Å². The lowest BCUT2D eigenvalue weighted by molar-refractivity contribution is 0.545. The van der Waals surface area contributed by atoms with Crippen LogP contribution < -0.4 is 0 Å². The molecule has 12 heavy (non-hydrogen) atoms. The second kappa shape index (κ2) is 2.35. The highest BCUT2D eigenvalue weighted by Gasteiger charge is 2.46. The summed E-state index contributed by atoms with van der Waals surface area (Å²) in [5.74, 6) is 0. The van der Waals surface area contributed by atoms with Crippen LogP contribution in [0, 0.1) is 5.41 Å². The summed E-state index contributed by atoms with van der Waals surface area (Å²) in [6.45, 7) is 10.0. The average Bonchev–Trinajstić information content (AvgIpc) is 2.70. The highest BCUT2D eigenvalue weighted by Crippen LogP contribution is 2.60. The van der Waals surface area contributed by atoms with Crippen LogP contribution in [0.4, 0.5) is 0 Å². The minimum atomic E-state index is 0.686. The topological polar surface area (TPSA) is 0 Å². The van der Waals surface area contributed by atoms with Crippen molar-refractivity contribution in [2.75, 3.05) is 0 Å². The average molecular weight is 160 g/mol. The molecule has 0 nitrogen and oxygen atoms in total. The SMILES string of the molecule is C=CC(=C)C1=C(C)CC2(CC2)C1. The molecule has 0 aromatic carbocycles. The summed E-state index contributed by atoms with van der Waals surface area (Å²) in [5.41, 5.74) is 4.88. The van der Waals surface area contributed by atoms with Crippen molar-refractivity contribution in [3.05, 3.63) is 36.0 Å². The van der Waals surface area contributed by atoms with E-state index in [1.807, 2.05) is 6.08 Å². The summed E-state index contributed by atoms with van der Waals surface area (Å²) < 4.78 is 0. The molecule has 1 fully saturated rings. The van der Waals surface area contributed by atoms with E-state index in [1.54, 1.807) is 5.57 Å². The van der Waals surface area contributed by atoms with Crippen LogP contribution in [0.5, 0.6) is 0 Å². The van der Waals surface area contributed by atoms with Gasteiger partial charge in [-0.1, -0.05) is 24.8 Å². The molecule has 2 rings (SSSR count). The van der Waals surface area contributed by atoms with Gasteiger partial charge in [0.25, 0.3) is 0 Å². The van der Waals surface area contributed by atoms with Crippen LogP contribution in [0.1, 0.15) is 32.6 Å². The van der Waals surface area contributed by atoms with Crippen molar-refractivity contribution in [1.82, 2.24) is 0 Å². The quantitative estimate of drug-likeness (QED) is 0.541. The second-order valence-electron chi connectivity index (χ2n) is 4.34. The molecule has 1 saturated carbocycles. The third kappa shape index (κ3) is 1.06. The van der Waals surface area contributed by atoms with Gasteiger partial charge in [0.1, 0.15) is 0 Å². The van der Waals surface area contributed by atoms with Crippen LogP contribution >= 0.6 is 0 Å². The molecule has 0 heteroatoms. The molecule has 0 N–H and O–H groups in total. The van der Waals surface area contributed by atoms with Gasteiger partial charge in [0.2, 0.25) is 0 Å². The molecule has 0 saturated heterocycles. The molecule has 2 aliphatic carbocycles. The predicted octanol–water partition coefficient (Wildman–Crippen LogP) is 3.62. The lowest BCUT2D eigenvalue weighted by atomic mass is 10.00. The first-order valence-corrected chi connectivity index (χ1v) is 4.67. The molecule has 0 aromatic rings. The fourth-order valence-corrected chi connectivity index (χ4v) is 2.30. The third-order valence-corrected chi connectivity index (χ3v) is 3.30. The molecule has 0 aromatic heterocycles. The zero-order valence-electron chi connectivity index (χ0n) is 7.82. The van der Waals surface area contributed by atoms with Crippen molar-refractivity contribution in [2.45, 2.75) is 32.6 Å². The maximum absolute atomic E-state index is 4.02. The van der Waals surface area contributed by atoms with Gasteiger partial charge in [-0.15, -0.1) is 0 Å². The van der Waals surface area contributed by atoms with Gasteiger partial charge in [0.15, 0.2) is 0 Å². The van der Waals surface area contributed by atoms with E-state index in [0.29, 0.717) is 5.41 Å². The highest BCUT2D eigenvalue weighted by molar-refractivity contribution is 5.44. The van der Waals surface area contributed by atoms with Gasteiger partial charge in [-0.25, -0.2) is 0 Å². The molecular weight excluding hydrogens is 144 g/mol. The number of allylic oxidation sites excluding steroid dienone is 4. The fraction of sp³-hybridized carbons (Fsp3) is 0.500. The normalized spacial score (nSPS) is 24.8. The largest absolute Gasteiger partial charge is 0.0985 e. The lowest BCUT2D eigenvalue weighted by Gasteiger charge is -2.05. The van der Waals surface area contributed by atoms with Crippen LogP contribution in [0.2, 0.25) is 0 Å². The Morgan fingerprint density at radius 2 is 2.08 bits per heavy atom. The summed E-state index contributed by atoms with van der Waals surface area (Å²) in [6.07, 6.45) is 7.33. The van der Waals surface area contributed by atoms with Crippen LogP contribution in [-0.4, -0.2) is 0 Å². The van der Waals surface area contributed by atoms with Crippen LogP contribution in [-0.2, 0) is 0 Å². The minimum absolute atomic E-state index is 0.686. The monoisotopic (exact) mass is 160 g/mol. The molecule has 0 heterocycles. The molecule has 0 amide bonds. The minimum Gasteiger partial charge on any atom is -0.0985 e. The molecule has 0 atom stereocenters. The van der Waals surface area contributed by atoms with Gasteiger partial charge in [0, 0.05) is 0 Å². The molecule has 1 spiro atoms. The van der Waals surface area contributed by atoms with E-state index in [9.17, 15) is 0 Å². The molecule has 64 valence electrons. The van der Waals surface area contributed by atoms with E-state index in [0.717, 1.165) is 5.57 Å². The van der Waals surface area contributed by atoms with E-state index >= 15 is 0 Å². The van der Waals surface area contributed by atoms with Crippen molar-refractivity contribution in [3.63, 3.8) is 0 Å². The molecule has 0 aliphatic heterocycles. The standard InChI is InChI=1S/C12H16/c1-4-9(2)11-8-12(5-6-12)7-10(11)3/h4H,1-2,5-8H2,3H3. The zero-order valence-corrected chi connectivity index (χ0v) is 7.82. The Morgan fingerprint density at radius 3 is 2.50 bits per heavy atom. The van der Waals surface area contributed by atoms with E-state index < -0.39 is 0 Å². The van der Waals surface area contributed by atoms with Gasteiger partial charge in [-0.05, 0) is 49.2 Å². The Bertz CT molecular complexity index is 274. The number of hydrogen-bond donors (Lipinski definition) is 0. The van der Waals surface area contributed by atoms with E-state index in [4.69, 9.17) is 0 Å². The van der Waals surface area contributed by atoms with Crippen molar-refractivity contribution in [3.8, 4) is 0 Å². The summed E-state index contributed by atoms with van der Waals surface area (Å²) in [5, 5.41) is 0.